The molecule has 0 atom stereocenters. The van der Waals surface area contributed by atoms with Gasteiger partial charge in [-0.25, -0.2) is 9.41 Å². The van der Waals surface area contributed by atoms with E-state index < -0.39 is 6.85 Å². The van der Waals surface area contributed by atoms with E-state index in [2.05, 4.69) is 30.8 Å². The molecule has 162 valence electrons. The lowest BCUT2D eigenvalue weighted by molar-refractivity contribution is -0.660. The monoisotopic (exact) mass is 435 g/mol. The van der Waals surface area contributed by atoms with Gasteiger partial charge in [-0.1, -0.05) is 62.4 Å². The zero-order valence-electron chi connectivity index (χ0n) is 23.2. The smallest absolute Gasteiger partial charge is 0.216 e. The van der Waals surface area contributed by atoms with Crippen molar-refractivity contribution < 1.29 is 14.5 Å². The number of benzene rings is 3. The van der Waals surface area contributed by atoms with Gasteiger partial charge in [-0.2, -0.15) is 0 Å². The van der Waals surface area contributed by atoms with Crippen LogP contribution in [0.25, 0.3) is 49.2 Å². The Kier molecular flexibility index (Phi) is 4.00. The predicted octanol–water partition coefficient (Wildman–Crippen LogP) is 8.04. The summed E-state index contributed by atoms with van der Waals surface area (Å²) in [6, 6.07) is 17.6. The Morgan fingerprint density at radius 1 is 0.970 bits per heavy atom. The molecular formula is C30H27N2O+. The summed E-state index contributed by atoms with van der Waals surface area (Å²) in [5, 5.41) is 1.80. The van der Waals surface area contributed by atoms with Gasteiger partial charge in [0, 0.05) is 32.1 Å². The van der Waals surface area contributed by atoms with Crippen LogP contribution in [0.4, 0.5) is 5.69 Å². The van der Waals surface area contributed by atoms with Gasteiger partial charge in [0.2, 0.25) is 5.69 Å². The molecule has 0 aliphatic heterocycles. The van der Waals surface area contributed by atoms with Gasteiger partial charge in [0.15, 0.2) is 11.9 Å². The Morgan fingerprint density at radius 2 is 1.67 bits per heavy atom. The van der Waals surface area contributed by atoms with E-state index in [0.29, 0.717) is 28.5 Å². The zero-order valence-corrected chi connectivity index (χ0v) is 19.2. The maximum atomic E-state index is 8.41. The standard InChI is InChI=1S/C30H27N2O/c1-18(2)21-9-11-22(12-10-21)28-25(31-5)15-14-24-23-13-8-20(4)27(29(23)33-30(24)28)26-16-7-19(3)17-32(26)6/h7-18H,1-4,6H3/q+1/i3D3,7D. The molecule has 0 radical (unpaired) electrons. The van der Waals surface area contributed by atoms with E-state index in [1.54, 1.807) is 17.7 Å². The molecule has 33 heavy (non-hydrogen) atoms. The minimum atomic E-state index is -2.37. The normalized spacial score (nSPS) is 13.6. The lowest BCUT2D eigenvalue weighted by Gasteiger charge is -2.09. The van der Waals surface area contributed by atoms with E-state index in [1.807, 2.05) is 43.3 Å². The minimum Gasteiger partial charge on any atom is -0.456 e. The van der Waals surface area contributed by atoms with Gasteiger partial charge in [0.05, 0.1) is 13.5 Å². The second-order valence-electron chi connectivity index (χ2n) is 8.79. The van der Waals surface area contributed by atoms with E-state index >= 15 is 0 Å². The first-order valence-electron chi connectivity index (χ1n) is 13.0. The number of aromatic nitrogens is 1. The van der Waals surface area contributed by atoms with Gasteiger partial charge in [0.1, 0.15) is 18.2 Å². The minimum absolute atomic E-state index is 0.00186. The maximum Gasteiger partial charge on any atom is 0.216 e. The number of furan rings is 1. The highest BCUT2D eigenvalue weighted by molar-refractivity contribution is 6.15. The first-order chi connectivity index (χ1) is 17.5. The number of pyridine rings is 1. The van der Waals surface area contributed by atoms with E-state index in [4.69, 9.17) is 16.5 Å². The Labute approximate surface area is 200 Å². The largest absolute Gasteiger partial charge is 0.456 e. The molecule has 3 aromatic carbocycles. The Hall–Kier alpha value is -3.90. The quantitative estimate of drug-likeness (QED) is 0.208. The summed E-state index contributed by atoms with van der Waals surface area (Å²) < 4.78 is 40.0. The molecule has 2 heterocycles. The van der Waals surface area contributed by atoms with Crippen LogP contribution in [0.1, 0.15) is 41.9 Å². The molecule has 0 amide bonds. The third-order valence-corrected chi connectivity index (χ3v) is 6.31. The molecule has 0 fully saturated rings. The van der Waals surface area contributed by atoms with Crippen LogP contribution in [-0.2, 0) is 7.05 Å². The Morgan fingerprint density at radius 3 is 2.33 bits per heavy atom. The molecule has 3 heteroatoms. The maximum absolute atomic E-state index is 8.41. The molecule has 5 aromatic rings. The van der Waals surface area contributed by atoms with Gasteiger partial charge in [-0.15, -0.1) is 0 Å². The second-order valence-corrected chi connectivity index (χ2v) is 8.79. The highest BCUT2D eigenvalue weighted by Gasteiger charge is 2.23. The summed E-state index contributed by atoms with van der Waals surface area (Å²) >= 11 is 0. The van der Waals surface area contributed by atoms with Crippen LogP contribution in [0, 0.1) is 20.3 Å². The molecule has 0 bridgehead atoms. The summed E-state index contributed by atoms with van der Waals surface area (Å²) in [5.74, 6) is 0.404. The van der Waals surface area contributed by atoms with Crippen LogP contribution >= 0.6 is 0 Å². The molecule has 0 aliphatic rings. The summed E-state index contributed by atoms with van der Waals surface area (Å²) in [7, 11) is 1.78. The summed E-state index contributed by atoms with van der Waals surface area (Å²) in [4.78, 5) is 3.79. The molecular weight excluding hydrogens is 404 g/mol. The van der Waals surface area contributed by atoms with Crippen molar-refractivity contribution in [1.82, 2.24) is 0 Å². The average molecular weight is 436 g/mol. The number of fused-ring (bicyclic) bond motifs is 3. The van der Waals surface area contributed by atoms with E-state index in [9.17, 15) is 0 Å². The molecule has 2 aromatic heterocycles. The number of aryl methyl sites for hydroxylation is 3. The highest BCUT2D eigenvalue weighted by atomic mass is 16.3. The van der Waals surface area contributed by atoms with E-state index in [1.165, 1.54) is 11.8 Å². The fourth-order valence-corrected chi connectivity index (χ4v) is 4.51. The van der Waals surface area contributed by atoms with Crippen molar-refractivity contribution in [2.75, 3.05) is 0 Å². The number of hydrogen-bond donors (Lipinski definition) is 0. The van der Waals surface area contributed by atoms with Crippen LogP contribution in [0.15, 0.2) is 71.3 Å². The Balaban J connectivity index is 1.82. The van der Waals surface area contributed by atoms with Crippen molar-refractivity contribution in [3.05, 3.63) is 94.9 Å². The first-order valence-corrected chi connectivity index (χ1v) is 11.0. The molecule has 0 unspecified atom stereocenters. The van der Waals surface area contributed by atoms with Crippen molar-refractivity contribution in [3.63, 3.8) is 0 Å². The van der Waals surface area contributed by atoms with Crippen LogP contribution in [0.5, 0.6) is 0 Å². The predicted molar refractivity (Wildman–Crippen MR) is 136 cm³/mol. The third kappa shape index (κ3) is 3.39. The average Bonchev–Trinajstić information content (AvgIpc) is 3.22. The summed E-state index contributed by atoms with van der Waals surface area (Å²) in [5.41, 5.74) is 7.13. The lowest BCUT2D eigenvalue weighted by Crippen LogP contribution is -2.31. The summed E-state index contributed by atoms with van der Waals surface area (Å²) in [6.45, 7) is 11.7. The molecule has 0 spiro atoms. The Bertz CT molecular complexity index is 1720. The number of hydrogen-bond acceptors (Lipinski definition) is 1. The SMILES string of the molecule is [2H]c1cc(-c2c(C)ccc3c2oc2c(-c4ccc(C(C)C)cc4)c([N+]#[C-])ccc23)[n+](C)cc1C([2H])([2H])[2H]. The van der Waals surface area contributed by atoms with Crippen molar-refractivity contribution in [2.45, 2.75) is 33.5 Å². The molecule has 3 nitrogen and oxygen atoms in total. The van der Waals surface area contributed by atoms with Crippen molar-refractivity contribution in [1.29, 1.82) is 0 Å². The first kappa shape index (κ1) is 16.7. The van der Waals surface area contributed by atoms with Gasteiger partial charge < -0.3 is 4.42 Å². The zero-order chi connectivity index (χ0) is 26.6. The molecule has 0 saturated carbocycles. The molecule has 0 aliphatic carbocycles. The van der Waals surface area contributed by atoms with Crippen molar-refractivity contribution >= 4 is 27.6 Å². The van der Waals surface area contributed by atoms with Gasteiger partial charge in [-0.05, 0) is 42.4 Å². The van der Waals surface area contributed by atoms with Crippen LogP contribution in [-0.4, -0.2) is 0 Å². The van der Waals surface area contributed by atoms with Gasteiger partial charge in [0.25, 0.3) is 0 Å². The highest BCUT2D eigenvalue weighted by Crippen LogP contribution is 2.44. The van der Waals surface area contributed by atoms with Crippen molar-refractivity contribution in [2.24, 2.45) is 7.05 Å². The van der Waals surface area contributed by atoms with E-state index in [-0.39, 0.29) is 11.6 Å². The lowest BCUT2D eigenvalue weighted by atomic mass is 9.96. The fourth-order valence-electron chi connectivity index (χ4n) is 4.51. The summed E-state index contributed by atoms with van der Waals surface area (Å²) in [6.07, 6.45) is 1.50. The molecule has 5 rings (SSSR count). The topological polar surface area (TPSA) is 21.4 Å². The third-order valence-electron chi connectivity index (χ3n) is 6.31. The van der Waals surface area contributed by atoms with Gasteiger partial charge in [-0.3, -0.25) is 0 Å². The van der Waals surface area contributed by atoms with Gasteiger partial charge >= 0.3 is 0 Å². The van der Waals surface area contributed by atoms with Crippen LogP contribution in [0.3, 0.4) is 0 Å². The number of nitrogens with zero attached hydrogens (tertiary/aromatic N) is 2. The molecule has 0 N–H and O–H groups in total. The fraction of sp³-hybridized carbons (Fsp3) is 0.200. The van der Waals surface area contributed by atoms with E-state index in [0.717, 1.165) is 33.0 Å². The number of rotatable bonds is 3. The van der Waals surface area contributed by atoms with Crippen LogP contribution < -0.4 is 4.57 Å². The van der Waals surface area contributed by atoms with Crippen molar-refractivity contribution in [3.8, 4) is 22.4 Å². The molecule has 0 saturated heterocycles. The second kappa shape index (κ2) is 7.90. The van der Waals surface area contributed by atoms with Crippen LogP contribution in [0.2, 0.25) is 0 Å².